The fourth-order valence-electron chi connectivity index (χ4n) is 5.21. The first kappa shape index (κ1) is 21.2. The van der Waals surface area contributed by atoms with Crippen molar-refractivity contribution in [3.05, 3.63) is 42.1 Å². The molecule has 1 atom stereocenters. The zero-order valence-corrected chi connectivity index (χ0v) is 19.7. The number of fused-ring (bicyclic) bond motifs is 2. The lowest BCUT2D eigenvalue weighted by Crippen LogP contribution is -2.45. The Morgan fingerprint density at radius 2 is 2.09 bits per heavy atom. The van der Waals surface area contributed by atoms with Crippen molar-refractivity contribution in [2.75, 3.05) is 20.2 Å². The molecule has 6 rings (SSSR count). The molecule has 1 saturated heterocycles. The van der Waals surface area contributed by atoms with Crippen LogP contribution in [0.1, 0.15) is 36.0 Å². The summed E-state index contributed by atoms with van der Waals surface area (Å²) in [6.07, 6.45) is 6.25. The van der Waals surface area contributed by atoms with Gasteiger partial charge in [0.15, 0.2) is 5.82 Å². The number of aryl methyl sites for hydroxylation is 1. The van der Waals surface area contributed by atoms with Crippen LogP contribution in [-0.2, 0) is 13.6 Å². The molecule has 1 aliphatic heterocycles. The van der Waals surface area contributed by atoms with Crippen LogP contribution in [-0.4, -0.2) is 56.2 Å². The summed E-state index contributed by atoms with van der Waals surface area (Å²) in [6.45, 7) is 2.25. The number of amides is 1. The van der Waals surface area contributed by atoms with Crippen molar-refractivity contribution in [3.8, 4) is 17.3 Å². The van der Waals surface area contributed by atoms with E-state index in [-0.39, 0.29) is 11.9 Å². The third-order valence-corrected chi connectivity index (χ3v) is 7.17. The molecule has 0 bridgehead atoms. The van der Waals surface area contributed by atoms with Crippen LogP contribution in [0, 0.1) is 5.92 Å². The van der Waals surface area contributed by atoms with Gasteiger partial charge in [0.1, 0.15) is 16.9 Å². The maximum absolute atomic E-state index is 13.3. The molecule has 2 fully saturated rings. The molecule has 1 amide bonds. The molecular formula is C26H30N6O2. The number of hydrogen-bond donors (Lipinski definition) is 1. The Bertz CT molecular complexity index is 1400. The predicted octanol–water partition coefficient (Wildman–Crippen LogP) is 3.57. The molecule has 0 unspecified atom stereocenters. The molecule has 0 radical (unpaired) electrons. The van der Waals surface area contributed by atoms with Crippen LogP contribution in [0.25, 0.3) is 33.6 Å². The Balaban J connectivity index is 1.47. The van der Waals surface area contributed by atoms with Gasteiger partial charge in [-0.05, 0) is 61.9 Å². The number of piperidine rings is 1. The van der Waals surface area contributed by atoms with Gasteiger partial charge in [-0.2, -0.15) is 0 Å². The molecule has 1 aromatic carbocycles. The minimum Gasteiger partial charge on any atom is -0.494 e. The van der Waals surface area contributed by atoms with Gasteiger partial charge in [-0.25, -0.2) is 9.97 Å². The highest BCUT2D eigenvalue weighted by Crippen LogP contribution is 2.37. The number of nitrogens with zero attached hydrogens (tertiary/aromatic N) is 5. The van der Waals surface area contributed by atoms with Crippen LogP contribution in [0.3, 0.4) is 0 Å². The molecule has 8 nitrogen and oxygen atoms in total. The van der Waals surface area contributed by atoms with Gasteiger partial charge in [0, 0.05) is 49.9 Å². The first-order valence-corrected chi connectivity index (χ1v) is 12.1. The number of nitrogens with two attached hydrogens (primary N) is 1. The number of methoxy groups -OCH3 is 1. The van der Waals surface area contributed by atoms with Crippen LogP contribution in [0.15, 0.2) is 36.5 Å². The molecule has 4 aromatic rings. The number of carbonyl (C=O) groups excluding carboxylic acids is 1. The summed E-state index contributed by atoms with van der Waals surface area (Å²) < 4.78 is 10.1. The van der Waals surface area contributed by atoms with Crippen molar-refractivity contribution in [1.29, 1.82) is 0 Å². The van der Waals surface area contributed by atoms with Crippen LogP contribution in [0.5, 0.6) is 5.75 Å². The summed E-state index contributed by atoms with van der Waals surface area (Å²) in [7, 11) is 3.64. The zero-order valence-electron chi connectivity index (χ0n) is 19.7. The normalized spacial score (nSPS) is 18.7. The number of aromatic nitrogens is 4. The van der Waals surface area contributed by atoms with Gasteiger partial charge in [-0.3, -0.25) is 4.79 Å². The third-order valence-electron chi connectivity index (χ3n) is 7.17. The number of hydrogen-bond acceptors (Lipinski definition) is 5. The predicted molar refractivity (Wildman–Crippen MR) is 132 cm³/mol. The van der Waals surface area contributed by atoms with Crippen molar-refractivity contribution >= 4 is 28.0 Å². The van der Waals surface area contributed by atoms with E-state index < -0.39 is 0 Å². The summed E-state index contributed by atoms with van der Waals surface area (Å²) in [6, 6.07) is 9.98. The minimum absolute atomic E-state index is 0.0189. The van der Waals surface area contributed by atoms with Crippen LogP contribution in [0.4, 0.5) is 0 Å². The van der Waals surface area contributed by atoms with E-state index in [1.807, 2.05) is 36.3 Å². The van der Waals surface area contributed by atoms with Crippen molar-refractivity contribution in [3.63, 3.8) is 0 Å². The molecular weight excluding hydrogens is 428 g/mol. The second kappa shape index (κ2) is 8.13. The van der Waals surface area contributed by atoms with Crippen molar-refractivity contribution < 1.29 is 9.53 Å². The summed E-state index contributed by atoms with van der Waals surface area (Å²) in [5.41, 5.74) is 10.4. The number of likely N-dealkylation sites (tertiary alicyclic amines) is 1. The van der Waals surface area contributed by atoms with E-state index in [0.29, 0.717) is 23.8 Å². The van der Waals surface area contributed by atoms with Gasteiger partial charge >= 0.3 is 0 Å². The summed E-state index contributed by atoms with van der Waals surface area (Å²) in [5.74, 6) is 2.17. The van der Waals surface area contributed by atoms with Crippen LogP contribution >= 0.6 is 0 Å². The van der Waals surface area contributed by atoms with Gasteiger partial charge < -0.3 is 24.5 Å². The SMILES string of the molecule is COc1cc(C(=O)N2CCC[C@H](N)C2)cc2nc(-c3cc4cccnc4n3CC3CC3)n(C)c12. The average molecular weight is 459 g/mol. The third kappa shape index (κ3) is 3.53. The first-order valence-electron chi connectivity index (χ1n) is 12.1. The number of benzene rings is 1. The lowest BCUT2D eigenvalue weighted by molar-refractivity contribution is 0.0708. The topological polar surface area (TPSA) is 91.2 Å². The maximum atomic E-state index is 13.3. The molecule has 2 aliphatic rings. The van der Waals surface area contributed by atoms with E-state index in [1.165, 1.54) is 12.8 Å². The van der Waals surface area contributed by atoms with Crippen molar-refractivity contribution in [1.82, 2.24) is 24.0 Å². The Morgan fingerprint density at radius 1 is 1.24 bits per heavy atom. The first-order chi connectivity index (χ1) is 16.5. The van der Waals surface area contributed by atoms with Gasteiger partial charge in [0.25, 0.3) is 5.91 Å². The van der Waals surface area contributed by atoms with E-state index in [0.717, 1.165) is 59.5 Å². The standard InChI is InChI=1S/C26H30N6O2/c1-30-23-20(11-18(13-22(23)34-2)26(33)31-10-4-6-19(27)15-31)29-25(30)21-12-17-5-3-9-28-24(17)32(21)14-16-7-8-16/h3,5,9,11-13,16,19H,4,6-8,10,14-15,27H2,1-2H3/t19-/m0/s1. The summed E-state index contributed by atoms with van der Waals surface area (Å²) >= 11 is 0. The van der Waals surface area contributed by atoms with Gasteiger partial charge in [0.05, 0.1) is 18.3 Å². The smallest absolute Gasteiger partial charge is 0.254 e. The number of carbonyl (C=O) groups is 1. The number of rotatable bonds is 5. The highest BCUT2D eigenvalue weighted by molar-refractivity contribution is 6.00. The molecule has 1 saturated carbocycles. The van der Waals surface area contributed by atoms with Crippen molar-refractivity contribution in [2.45, 2.75) is 38.3 Å². The van der Waals surface area contributed by atoms with Crippen LogP contribution < -0.4 is 10.5 Å². The van der Waals surface area contributed by atoms with Crippen LogP contribution in [0.2, 0.25) is 0 Å². The van der Waals surface area contributed by atoms with E-state index in [4.69, 9.17) is 15.5 Å². The summed E-state index contributed by atoms with van der Waals surface area (Å²) in [5, 5.41) is 1.11. The monoisotopic (exact) mass is 458 g/mol. The lowest BCUT2D eigenvalue weighted by Gasteiger charge is -2.30. The van der Waals surface area contributed by atoms with Gasteiger partial charge in [-0.1, -0.05) is 0 Å². The number of ether oxygens (including phenoxy) is 1. The van der Waals surface area contributed by atoms with Gasteiger partial charge in [0.2, 0.25) is 0 Å². The molecule has 2 N–H and O–H groups in total. The van der Waals surface area contributed by atoms with E-state index in [2.05, 4.69) is 26.3 Å². The van der Waals surface area contributed by atoms with Crippen molar-refractivity contribution in [2.24, 2.45) is 18.7 Å². The van der Waals surface area contributed by atoms with Gasteiger partial charge in [-0.15, -0.1) is 0 Å². The Hall–Kier alpha value is -3.39. The van der Waals surface area contributed by atoms with E-state index in [1.54, 1.807) is 7.11 Å². The summed E-state index contributed by atoms with van der Waals surface area (Å²) in [4.78, 5) is 24.8. The maximum Gasteiger partial charge on any atom is 0.254 e. The molecule has 4 heterocycles. The zero-order chi connectivity index (χ0) is 23.4. The van der Waals surface area contributed by atoms with E-state index >= 15 is 0 Å². The molecule has 0 spiro atoms. The largest absolute Gasteiger partial charge is 0.494 e. The second-order valence-corrected chi connectivity index (χ2v) is 9.69. The number of imidazole rings is 1. The molecule has 1 aliphatic carbocycles. The van der Waals surface area contributed by atoms with E-state index in [9.17, 15) is 4.79 Å². The fourth-order valence-corrected chi connectivity index (χ4v) is 5.21. The fraction of sp³-hybridized carbons (Fsp3) is 0.423. The molecule has 176 valence electrons. The second-order valence-electron chi connectivity index (χ2n) is 9.69. The Morgan fingerprint density at radius 3 is 2.85 bits per heavy atom. The Kier molecular flexibility index (Phi) is 5.06. The minimum atomic E-state index is -0.0189. The molecule has 34 heavy (non-hydrogen) atoms. The highest BCUT2D eigenvalue weighted by atomic mass is 16.5. The average Bonchev–Trinajstić information content (AvgIpc) is 3.52. The highest BCUT2D eigenvalue weighted by Gasteiger charge is 2.28. The molecule has 8 heteroatoms. The quantitative estimate of drug-likeness (QED) is 0.494. The lowest BCUT2D eigenvalue weighted by atomic mass is 10.0. The molecule has 3 aromatic heterocycles. The Labute approximate surface area is 198 Å². The number of pyridine rings is 1.